The molecule has 0 spiro atoms. The van der Waals surface area contributed by atoms with Crippen LogP contribution in [0.15, 0.2) is 53.7 Å². The van der Waals surface area contributed by atoms with E-state index in [2.05, 4.69) is 23.9 Å². The minimum Gasteiger partial charge on any atom is -0.311 e. The molecule has 1 saturated carbocycles. The fourth-order valence-electron chi connectivity index (χ4n) is 4.67. The summed E-state index contributed by atoms with van der Waals surface area (Å²) in [6.07, 6.45) is 8.67. The van der Waals surface area contributed by atoms with E-state index < -0.39 is 0 Å². The van der Waals surface area contributed by atoms with Gasteiger partial charge < -0.3 is 4.57 Å². The third-order valence-corrected chi connectivity index (χ3v) is 6.60. The number of fused-ring (bicyclic) bond motifs is 3. The Hall–Kier alpha value is -3.02. The lowest BCUT2D eigenvalue weighted by Gasteiger charge is -2.35. The highest BCUT2D eigenvalue weighted by atomic mass is 19.1. The Morgan fingerprint density at radius 2 is 1.86 bits per heavy atom. The van der Waals surface area contributed by atoms with E-state index in [0.29, 0.717) is 22.9 Å². The quantitative estimate of drug-likeness (QED) is 0.492. The molecule has 0 N–H and O–H groups in total. The SMILES string of the molecule is C[C@H]1[C@H](C)CCC[C@H]1n1ccc2c(cnc3c(-c4ccc(F)cc4)cnn32)c1=O. The van der Waals surface area contributed by atoms with Crippen LogP contribution in [0.3, 0.4) is 0 Å². The molecule has 0 amide bonds. The zero-order chi connectivity index (χ0) is 20.1. The van der Waals surface area contributed by atoms with E-state index in [1.165, 1.54) is 18.6 Å². The van der Waals surface area contributed by atoms with Crippen molar-refractivity contribution < 1.29 is 4.39 Å². The van der Waals surface area contributed by atoms with Gasteiger partial charge >= 0.3 is 0 Å². The van der Waals surface area contributed by atoms with Gasteiger partial charge in [-0.2, -0.15) is 5.10 Å². The highest BCUT2D eigenvalue weighted by molar-refractivity contribution is 5.85. The number of nitrogens with zero attached hydrogens (tertiary/aromatic N) is 4. The highest BCUT2D eigenvalue weighted by Crippen LogP contribution is 2.37. The van der Waals surface area contributed by atoms with Crippen LogP contribution in [0.1, 0.15) is 39.2 Å². The van der Waals surface area contributed by atoms with E-state index in [0.717, 1.165) is 29.5 Å². The first-order chi connectivity index (χ1) is 14.0. The van der Waals surface area contributed by atoms with E-state index in [4.69, 9.17) is 0 Å². The Kier molecular flexibility index (Phi) is 4.23. The fourth-order valence-corrected chi connectivity index (χ4v) is 4.67. The molecule has 5 nitrogen and oxygen atoms in total. The third kappa shape index (κ3) is 2.85. The van der Waals surface area contributed by atoms with E-state index in [-0.39, 0.29) is 17.4 Å². The molecule has 3 atom stereocenters. The maximum absolute atomic E-state index is 13.3. The van der Waals surface area contributed by atoms with Gasteiger partial charge in [0.15, 0.2) is 5.65 Å². The second-order valence-electron chi connectivity index (χ2n) is 8.22. The van der Waals surface area contributed by atoms with Gasteiger partial charge in [0.05, 0.1) is 17.1 Å². The summed E-state index contributed by atoms with van der Waals surface area (Å²) in [6, 6.07) is 8.44. The second kappa shape index (κ2) is 6.79. The number of halogens is 1. The summed E-state index contributed by atoms with van der Waals surface area (Å²) in [5, 5.41) is 5.04. The van der Waals surface area contributed by atoms with Crippen molar-refractivity contribution in [1.29, 1.82) is 0 Å². The zero-order valence-corrected chi connectivity index (χ0v) is 16.5. The minimum atomic E-state index is -0.282. The van der Waals surface area contributed by atoms with E-state index in [1.807, 2.05) is 16.8 Å². The van der Waals surface area contributed by atoms with Crippen molar-refractivity contribution in [3.63, 3.8) is 0 Å². The second-order valence-corrected chi connectivity index (χ2v) is 8.22. The summed E-state index contributed by atoms with van der Waals surface area (Å²) in [6.45, 7) is 4.52. The molecular weight excluding hydrogens is 367 g/mol. The van der Waals surface area contributed by atoms with Gasteiger partial charge in [0, 0.05) is 24.0 Å². The molecule has 0 unspecified atom stereocenters. The molecule has 6 heteroatoms. The predicted molar refractivity (Wildman–Crippen MR) is 111 cm³/mol. The van der Waals surface area contributed by atoms with Crippen molar-refractivity contribution in [2.75, 3.05) is 0 Å². The van der Waals surface area contributed by atoms with Gasteiger partial charge in [-0.1, -0.05) is 38.8 Å². The van der Waals surface area contributed by atoms with Crippen LogP contribution in [0.5, 0.6) is 0 Å². The van der Waals surface area contributed by atoms with Crippen LogP contribution in [0, 0.1) is 17.7 Å². The lowest BCUT2D eigenvalue weighted by molar-refractivity contribution is 0.183. The monoisotopic (exact) mass is 390 g/mol. The first-order valence-electron chi connectivity index (χ1n) is 10.2. The van der Waals surface area contributed by atoms with Gasteiger partial charge in [0.2, 0.25) is 0 Å². The van der Waals surface area contributed by atoms with Crippen molar-refractivity contribution in [3.8, 4) is 11.1 Å². The number of rotatable bonds is 2. The molecule has 0 bridgehead atoms. The molecule has 1 aromatic carbocycles. The molecule has 4 aromatic rings. The minimum absolute atomic E-state index is 0.0123. The zero-order valence-electron chi connectivity index (χ0n) is 16.5. The van der Waals surface area contributed by atoms with Crippen molar-refractivity contribution >= 4 is 16.6 Å². The Bertz CT molecular complexity index is 1260. The molecule has 1 aliphatic carbocycles. The van der Waals surface area contributed by atoms with E-state index in [9.17, 15) is 9.18 Å². The molecule has 3 aromatic heterocycles. The summed E-state index contributed by atoms with van der Waals surface area (Å²) >= 11 is 0. The van der Waals surface area contributed by atoms with Gasteiger partial charge in [0.25, 0.3) is 5.56 Å². The fraction of sp³-hybridized carbons (Fsp3) is 0.348. The summed E-state index contributed by atoms with van der Waals surface area (Å²) in [7, 11) is 0. The average molecular weight is 390 g/mol. The maximum atomic E-state index is 13.3. The molecule has 3 heterocycles. The van der Waals surface area contributed by atoms with Crippen LogP contribution in [-0.2, 0) is 0 Å². The topological polar surface area (TPSA) is 52.2 Å². The van der Waals surface area contributed by atoms with Crippen molar-refractivity contribution in [2.24, 2.45) is 11.8 Å². The highest BCUT2D eigenvalue weighted by Gasteiger charge is 2.29. The molecule has 29 heavy (non-hydrogen) atoms. The average Bonchev–Trinajstić information content (AvgIpc) is 3.16. The Balaban J connectivity index is 1.65. The van der Waals surface area contributed by atoms with Crippen LogP contribution in [0.25, 0.3) is 27.7 Å². The van der Waals surface area contributed by atoms with Gasteiger partial charge in [-0.25, -0.2) is 13.9 Å². The standard InChI is InChI=1S/C23H23FN4O/c1-14-4-3-5-20(15(14)2)27-11-10-21-19(23(27)29)12-25-22-18(13-26-28(21)22)16-6-8-17(24)9-7-16/h6-15,20H,3-5H2,1-2H3/t14-,15+,20-/m1/s1. The first kappa shape index (κ1) is 18.0. The Labute approximate surface area is 167 Å². The van der Waals surface area contributed by atoms with Crippen molar-refractivity contribution in [2.45, 2.75) is 39.2 Å². The lowest BCUT2D eigenvalue weighted by Crippen LogP contribution is -2.33. The van der Waals surface area contributed by atoms with Crippen LogP contribution >= 0.6 is 0 Å². The van der Waals surface area contributed by atoms with Crippen molar-refractivity contribution in [3.05, 3.63) is 65.1 Å². The Morgan fingerprint density at radius 3 is 2.66 bits per heavy atom. The largest absolute Gasteiger partial charge is 0.311 e. The number of benzene rings is 1. The molecule has 0 saturated heterocycles. The van der Waals surface area contributed by atoms with Crippen LogP contribution in [0.4, 0.5) is 4.39 Å². The van der Waals surface area contributed by atoms with Gasteiger partial charge in [-0.3, -0.25) is 4.79 Å². The summed E-state index contributed by atoms with van der Waals surface area (Å²) in [5.74, 6) is 0.794. The third-order valence-electron chi connectivity index (χ3n) is 6.60. The number of hydrogen-bond acceptors (Lipinski definition) is 3. The van der Waals surface area contributed by atoms with E-state index in [1.54, 1.807) is 29.0 Å². The summed E-state index contributed by atoms with van der Waals surface area (Å²) in [4.78, 5) is 17.8. The number of aromatic nitrogens is 4. The number of pyridine rings is 1. The summed E-state index contributed by atoms with van der Waals surface area (Å²) in [5.41, 5.74) is 3.03. The van der Waals surface area contributed by atoms with Crippen LogP contribution < -0.4 is 5.56 Å². The van der Waals surface area contributed by atoms with Gasteiger partial charge in [0.1, 0.15) is 5.82 Å². The number of hydrogen-bond donors (Lipinski definition) is 0. The van der Waals surface area contributed by atoms with Gasteiger partial charge in [-0.05, 0) is 42.0 Å². The van der Waals surface area contributed by atoms with E-state index >= 15 is 0 Å². The normalized spacial score (nSPS) is 22.4. The van der Waals surface area contributed by atoms with Gasteiger partial charge in [-0.15, -0.1) is 0 Å². The molecule has 0 aliphatic heterocycles. The first-order valence-corrected chi connectivity index (χ1v) is 10.2. The maximum Gasteiger partial charge on any atom is 0.261 e. The molecular formula is C23H23FN4O. The predicted octanol–water partition coefficient (Wildman–Crippen LogP) is 4.85. The lowest BCUT2D eigenvalue weighted by atomic mass is 9.78. The molecule has 148 valence electrons. The van der Waals surface area contributed by atoms with Crippen LogP contribution in [-0.4, -0.2) is 19.2 Å². The molecule has 1 fully saturated rings. The van der Waals surface area contributed by atoms with Crippen molar-refractivity contribution in [1.82, 2.24) is 19.2 Å². The molecule has 0 radical (unpaired) electrons. The smallest absolute Gasteiger partial charge is 0.261 e. The molecule has 5 rings (SSSR count). The van der Waals surface area contributed by atoms with Crippen LogP contribution in [0.2, 0.25) is 0 Å². The Morgan fingerprint density at radius 1 is 1.07 bits per heavy atom. The summed E-state index contributed by atoms with van der Waals surface area (Å²) < 4.78 is 16.9. The molecule has 1 aliphatic rings.